The summed E-state index contributed by atoms with van der Waals surface area (Å²) in [4.78, 5) is 23.4. The van der Waals surface area contributed by atoms with Crippen molar-refractivity contribution < 1.29 is 14.0 Å². The third-order valence-corrected chi connectivity index (χ3v) is 4.45. The molecule has 0 aliphatic rings. The Morgan fingerprint density at radius 1 is 0.920 bits per heavy atom. The van der Waals surface area contributed by atoms with E-state index in [2.05, 4.69) is 10.6 Å². The Hall–Kier alpha value is -2.34. The highest BCUT2D eigenvalue weighted by molar-refractivity contribution is 7.98. The molecule has 2 aromatic rings. The maximum atomic E-state index is 13.4. The molecule has 25 heavy (non-hydrogen) atoms. The number of amides is 2. The summed E-state index contributed by atoms with van der Waals surface area (Å²) in [7, 11) is 0. The molecule has 0 saturated heterocycles. The van der Waals surface area contributed by atoms with Gasteiger partial charge in [-0.25, -0.2) is 4.39 Å². The van der Waals surface area contributed by atoms with Crippen LogP contribution in [0.3, 0.4) is 0 Å². The summed E-state index contributed by atoms with van der Waals surface area (Å²) in [6, 6.07) is 16.0. The largest absolute Gasteiger partial charge is 0.354 e. The minimum absolute atomic E-state index is 0.0380. The molecule has 6 heteroatoms. The van der Waals surface area contributed by atoms with Crippen LogP contribution in [0, 0.1) is 5.82 Å². The van der Waals surface area contributed by atoms with E-state index in [9.17, 15) is 14.0 Å². The lowest BCUT2D eigenvalue weighted by Gasteiger charge is -2.07. The minimum Gasteiger partial charge on any atom is -0.354 e. The van der Waals surface area contributed by atoms with Gasteiger partial charge in [0.05, 0.1) is 13.0 Å². The van der Waals surface area contributed by atoms with Crippen LogP contribution in [0.1, 0.15) is 11.1 Å². The third kappa shape index (κ3) is 7.39. The van der Waals surface area contributed by atoms with Gasteiger partial charge < -0.3 is 10.6 Å². The van der Waals surface area contributed by atoms with Crippen molar-refractivity contribution in [3.05, 3.63) is 71.5 Å². The molecule has 0 radical (unpaired) electrons. The SMILES string of the molecule is O=C(CNC(=O)Cc1ccccc1)NCCSCc1ccccc1F. The fourth-order valence-electron chi connectivity index (χ4n) is 2.15. The summed E-state index contributed by atoms with van der Waals surface area (Å²) >= 11 is 1.55. The van der Waals surface area contributed by atoms with Gasteiger partial charge in [-0.2, -0.15) is 11.8 Å². The summed E-state index contributed by atoms with van der Waals surface area (Å²) in [5.41, 5.74) is 1.57. The molecule has 2 amide bonds. The van der Waals surface area contributed by atoms with Crippen LogP contribution in [0.15, 0.2) is 54.6 Å². The van der Waals surface area contributed by atoms with Crippen molar-refractivity contribution in [3.8, 4) is 0 Å². The number of nitrogens with one attached hydrogen (secondary N) is 2. The Kier molecular flexibility index (Phi) is 7.98. The van der Waals surface area contributed by atoms with Gasteiger partial charge in [-0.05, 0) is 17.2 Å². The van der Waals surface area contributed by atoms with E-state index in [0.717, 1.165) is 5.56 Å². The van der Waals surface area contributed by atoms with E-state index in [1.54, 1.807) is 30.0 Å². The van der Waals surface area contributed by atoms with E-state index in [0.29, 0.717) is 23.6 Å². The molecule has 4 nitrogen and oxygen atoms in total. The van der Waals surface area contributed by atoms with Gasteiger partial charge in [-0.15, -0.1) is 0 Å². The molecule has 0 fully saturated rings. The van der Waals surface area contributed by atoms with E-state index < -0.39 is 0 Å². The summed E-state index contributed by atoms with van der Waals surface area (Å²) in [5, 5.41) is 5.33. The van der Waals surface area contributed by atoms with Gasteiger partial charge in [0, 0.05) is 18.1 Å². The van der Waals surface area contributed by atoms with Crippen LogP contribution in [-0.4, -0.2) is 30.7 Å². The predicted molar refractivity (Wildman–Crippen MR) is 98.7 cm³/mol. The van der Waals surface area contributed by atoms with Crippen LogP contribution >= 0.6 is 11.8 Å². The van der Waals surface area contributed by atoms with Crippen LogP contribution in [0.25, 0.3) is 0 Å². The molecule has 0 atom stereocenters. The Morgan fingerprint density at radius 3 is 2.40 bits per heavy atom. The quantitative estimate of drug-likeness (QED) is 0.676. The lowest BCUT2D eigenvalue weighted by molar-refractivity contribution is -0.125. The zero-order chi connectivity index (χ0) is 17.9. The zero-order valence-electron chi connectivity index (χ0n) is 13.8. The second-order valence-electron chi connectivity index (χ2n) is 5.43. The first-order valence-corrected chi connectivity index (χ1v) is 9.19. The van der Waals surface area contributed by atoms with Crippen LogP contribution in [-0.2, 0) is 21.8 Å². The molecular weight excluding hydrogens is 339 g/mol. The summed E-state index contributed by atoms with van der Waals surface area (Å²) in [6.45, 7) is 0.441. The molecule has 0 unspecified atom stereocenters. The lowest BCUT2D eigenvalue weighted by Crippen LogP contribution is -2.38. The van der Waals surface area contributed by atoms with Crippen molar-refractivity contribution in [2.45, 2.75) is 12.2 Å². The number of benzene rings is 2. The van der Waals surface area contributed by atoms with E-state index in [1.807, 2.05) is 30.3 Å². The van der Waals surface area contributed by atoms with Crippen molar-refractivity contribution in [2.24, 2.45) is 0 Å². The van der Waals surface area contributed by atoms with Crippen LogP contribution in [0.2, 0.25) is 0 Å². The van der Waals surface area contributed by atoms with E-state index in [-0.39, 0.29) is 30.6 Å². The van der Waals surface area contributed by atoms with E-state index in [4.69, 9.17) is 0 Å². The Labute approximate surface area is 151 Å². The Bertz CT molecular complexity index is 695. The number of carbonyl (C=O) groups is 2. The molecule has 0 saturated carbocycles. The third-order valence-electron chi connectivity index (χ3n) is 3.44. The number of hydrogen-bond acceptors (Lipinski definition) is 3. The molecule has 2 rings (SSSR count). The number of hydrogen-bond donors (Lipinski definition) is 2. The fraction of sp³-hybridized carbons (Fsp3) is 0.263. The number of thioether (sulfide) groups is 1. The maximum absolute atomic E-state index is 13.4. The van der Waals surface area contributed by atoms with E-state index in [1.165, 1.54) is 6.07 Å². The van der Waals surface area contributed by atoms with Gasteiger partial charge in [-0.3, -0.25) is 9.59 Å². The highest BCUT2D eigenvalue weighted by Crippen LogP contribution is 2.14. The highest BCUT2D eigenvalue weighted by atomic mass is 32.2. The average molecular weight is 360 g/mol. The van der Waals surface area contributed by atoms with Crippen molar-refractivity contribution >= 4 is 23.6 Å². The molecule has 2 aromatic carbocycles. The summed E-state index contributed by atoms with van der Waals surface area (Å²) in [6.07, 6.45) is 0.257. The van der Waals surface area contributed by atoms with E-state index >= 15 is 0 Å². The van der Waals surface area contributed by atoms with Gasteiger partial charge >= 0.3 is 0 Å². The van der Waals surface area contributed by atoms with Crippen molar-refractivity contribution in [2.75, 3.05) is 18.8 Å². The zero-order valence-corrected chi connectivity index (χ0v) is 14.7. The molecule has 0 aliphatic carbocycles. The Balaban J connectivity index is 1.55. The van der Waals surface area contributed by atoms with Gasteiger partial charge in [0.25, 0.3) is 0 Å². The fourth-order valence-corrected chi connectivity index (χ4v) is 2.99. The minimum atomic E-state index is -0.229. The van der Waals surface area contributed by atoms with Crippen molar-refractivity contribution in [1.82, 2.24) is 10.6 Å². The van der Waals surface area contributed by atoms with Crippen LogP contribution in [0.5, 0.6) is 0 Å². The highest BCUT2D eigenvalue weighted by Gasteiger charge is 2.06. The van der Waals surface area contributed by atoms with Crippen LogP contribution in [0.4, 0.5) is 4.39 Å². The monoisotopic (exact) mass is 360 g/mol. The first kappa shape index (κ1) is 19.0. The molecular formula is C19H21FN2O2S. The molecule has 132 valence electrons. The molecule has 0 aliphatic heterocycles. The summed E-state index contributed by atoms with van der Waals surface area (Å²) < 4.78 is 13.4. The first-order valence-electron chi connectivity index (χ1n) is 8.03. The van der Waals surface area contributed by atoms with Gasteiger partial charge in [0.15, 0.2) is 0 Å². The summed E-state index contributed by atoms with van der Waals surface area (Å²) in [5.74, 6) is 0.623. The second-order valence-corrected chi connectivity index (χ2v) is 6.54. The normalized spacial score (nSPS) is 10.3. The number of carbonyl (C=O) groups excluding carboxylic acids is 2. The molecule has 0 bridgehead atoms. The van der Waals surface area contributed by atoms with Gasteiger partial charge in [0.1, 0.15) is 5.82 Å². The Morgan fingerprint density at radius 2 is 1.64 bits per heavy atom. The first-order chi connectivity index (χ1) is 12.1. The van der Waals surface area contributed by atoms with Crippen molar-refractivity contribution in [1.29, 1.82) is 0 Å². The number of halogens is 1. The predicted octanol–water partition coefficient (Wildman–Crippen LogP) is 2.53. The molecule has 0 heterocycles. The van der Waals surface area contributed by atoms with Crippen molar-refractivity contribution in [3.63, 3.8) is 0 Å². The van der Waals surface area contributed by atoms with Gasteiger partial charge in [-0.1, -0.05) is 48.5 Å². The molecule has 0 aromatic heterocycles. The topological polar surface area (TPSA) is 58.2 Å². The van der Waals surface area contributed by atoms with Crippen LogP contribution < -0.4 is 10.6 Å². The number of rotatable bonds is 9. The second kappa shape index (κ2) is 10.5. The van der Waals surface area contributed by atoms with Gasteiger partial charge in [0.2, 0.25) is 11.8 Å². The maximum Gasteiger partial charge on any atom is 0.239 e. The standard InChI is InChI=1S/C19H21FN2O2S/c20-17-9-5-4-8-16(17)14-25-11-10-21-19(24)13-22-18(23)12-15-6-2-1-3-7-15/h1-9H,10-14H2,(H,21,24)(H,22,23). The average Bonchev–Trinajstić information content (AvgIpc) is 2.62. The molecule has 2 N–H and O–H groups in total. The smallest absolute Gasteiger partial charge is 0.239 e. The molecule has 0 spiro atoms. The lowest BCUT2D eigenvalue weighted by atomic mass is 10.1.